The maximum Gasteiger partial charge on any atom is 0.224 e. The molecule has 0 aliphatic carbocycles. The standard InChI is InChI=1S/C9H10BrCl2NO2S/c1-13(16(14,15)6-10)5-7-3-2-4-8(11)9(7)12/h2-4H,5-6H2,1H3. The summed E-state index contributed by atoms with van der Waals surface area (Å²) < 4.78 is 24.1. The smallest absolute Gasteiger partial charge is 0.211 e. The van der Waals surface area contributed by atoms with E-state index in [1.54, 1.807) is 18.2 Å². The van der Waals surface area contributed by atoms with E-state index in [-0.39, 0.29) is 11.2 Å². The number of halogens is 3. The van der Waals surface area contributed by atoms with Crippen LogP contribution in [0.5, 0.6) is 0 Å². The van der Waals surface area contributed by atoms with Gasteiger partial charge in [0.2, 0.25) is 10.0 Å². The van der Waals surface area contributed by atoms with E-state index in [0.717, 1.165) is 0 Å². The molecule has 1 aromatic carbocycles. The first-order chi connectivity index (χ1) is 7.38. The van der Waals surface area contributed by atoms with Crippen LogP contribution in [0.3, 0.4) is 0 Å². The lowest BCUT2D eigenvalue weighted by Gasteiger charge is -2.16. The summed E-state index contributed by atoms with van der Waals surface area (Å²) >= 11 is 14.7. The van der Waals surface area contributed by atoms with Gasteiger partial charge in [0, 0.05) is 13.6 Å². The summed E-state index contributed by atoms with van der Waals surface area (Å²) in [5.41, 5.74) is 0.682. The molecule has 0 aromatic heterocycles. The Hall–Kier alpha value is 0.190. The van der Waals surface area contributed by atoms with E-state index in [0.29, 0.717) is 15.6 Å². The molecule has 0 saturated carbocycles. The lowest BCUT2D eigenvalue weighted by Crippen LogP contribution is -2.27. The third-order valence-electron chi connectivity index (χ3n) is 2.04. The van der Waals surface area contributed by atoms with Gasteiger partial charge in [-0.3, -0.25) is 0 Å². The van der Waals surface area contributed by atoms with Gasteiger partial charge in [0.15, 0.2) is 0 Å². The summed E-state index contributed by atoms with van der Waals surface area (Å²) in [6, 6.07) is 5.14. The Bertz CT molecular complexity index is 478. The zero-order valence-corrected chi connectivity index (χ0v) is 12.4. The Morgan fingerprint density at radius 1 is 1.38 bits per heavy atom. The lowest BCUT2D eigenvalue weighted by molar-refractivity contribution is 0.471. The van der Waals surface area contributed by atoms with Gasteiger partial charge in [-0.1, -0.05) is 51.3 Å². The number of alkyl halides is 1. The predicted octanol–water partition coefficient (Wildman–Crippen LogP) is 3.11. The fourth-order valence-corrected chi connectivity index (χ4v) is 3.02. The maximum absolute atomic E-state index is 11.5. The second-order valence-corrected chi connectivity index (χ2v) is 7.35. The molecule has 0 saturated heterocycles. The molecular formula is C9H10BrCl2NO2S. The maximum atomic E-state index is 11.5. The van der Waals surface area contributed by atoms with Crippen LogP contribution < -0.4 is 0 Å². The Balaban J connectivity index is 2.94. The zero-order valence-electron chi connectivity index (χ0n) is 8.45. The van der Waals surface area contributed by atoms with E-state index in [4.69, 9.17) is 23.2 Å². The number of sulfonamides is 1. The highest BCUT2D eigenvalue weighted by molar-refractivity contribution is 9.10. The topological polar surface area (TPSA) is 37.4 Å². The van der Waals surface area contributed by atoms with Crippen molar-refractivity contribution in [3.8, 4) is 0 Å². The van der Waals surface area contributed by atoms with Gasteiger partial charge in [0.05, 0.1) is 10.0 Å². The fourth-order valence-electron chi connectivity index (χ4n) is 1.09. The van der Waals surface area contributed by atoms with E-state index in [1.165, 1.54) is 11.4 Å². The van der Waals surface area contributed by atoms with Gasteiger partial charge in [0.25, 0.3) is 0 Å². The molecule has 0 radical (unpaired) electrons. The fraction of sp³-hybridized carbons (Fsp3) is 0.333. The molecule has 1 aromatic rings. The van der Waals surface area contributed by atoms with Crippen molar-refractivity contribution in [2.24, 2.45) is 0 Å². The molecule has 0 heterocycles. The van der Waals surface area contributed by atoms with Crippen LogP contribution >= 0.6 is 39.1 Å². The highest BCUT2D eigenvalue weighted by Gasteiger charge is 2.17. The van der Waals surface area contributed by atoms with Crippen molar-refractivity contribution in [3.05, 3.63) is 33.8 Å². The molecule has 0 fully saturated rings. The summed E-state index contributed by atoms with van der Waals surface area (Å²) in [5.74, 6) is 0. The number of nitrogens with zero attached hydrogens (tertiary/aromatic N) is 1. The minimum atomic E-state index is -3.28. The molecule has 0 amide bonds. The van der Waals surface area contributed by atoms with Crippen LogP contribution in [0.15, 0.2) is 18.2 Å². The SMILES string of the molecule is CN(Cc1cccc(Cl)c1Cl)S(=O)(=O)CBr. The van der Waals surface area contributed by atoms with Crippen LogP contribution in [0, 0.1) is 0 Å². The number of hydrogen-bond donors (Lipinski definition) is 0. The van der Waals surface area contributed by atoms with Crippen LogP contribution in [0.25, 0.3) is 0 Å². The minimum absolute atomic E-state index is 0.116. The summed E-state index contributed by atoms with van der Waals surface area (Å²) in [6.07, 6.45) is 0. The van der Waals surface area contributed by atoms with Crippen molar-refractivity contribution in [2.45, 2.75) is 6.54 Å². The highest BCUT2D eigenvalue weighted by Crippen LogP contribution is 2.26. The first kappa shape index (κ1) is 14.3. The quantitative estimate of drug-likeness (QED) is 0.785. The van der Waals surface area contributed by atoms with Crippen molar-refractivity contribution in [3.63, 3.8) is 0 Å². The summed E-state index contributed by atoms with van der Waals surface area (Å²) in [6.45, 7) is 0.202. The second-order valence-electron chi connectivity index (χ2n) is 3.19. The van der Waals surface area contributed by atoms with Gasteiger partial charge in [-0.25, -0.2) is 8.42 Å². The van der Waals surface area contributed by atoms with Gasteiger partial charge in [-0.2, -0.15) is 4.31 Å². The monoisotopic (exact) mass is 345 g/mol. The molecule has 0 spiro atoms. The summed E-state index contributed by atoms with van der Waals surface area (Å²) in [5, 5.41) is 0.810. The van der Waals surface area contributed by atoms with Gasteiger partial charge < -0.3 is 0 Å². The first-order valence-corrected chi connectivity index (χ1v) is 7.80. The molecule has 90 valence electrons. The highest BCUT2D eigenvalue weighted by atomic mass is 79.9. The molecule has 0 atom stereocenters. The van der Waals surface area contributed by atoms with Crippen molar-refractivity contribution < 1.29 is 8.42 Å². The molecule has 7 heteroatoms. The Morgan fingerprint density at radius 2 is 2.00 bits per heavy atom. The third kappa shape index (κ3) is 3.34. The zero-order chi connectivity index (χ0) is 12.3. The molecule has 0 N–H and O–H groups in total. The second kappa shape index (κ2) is 5.69. The van der Waals surface area contributed by atoms with Crippen molar-refractivity contribution >= 4 is 49.2 Å². The molecule has 16 heavy (non-hydrogen) atoms. The molecule has 0 unspecified atom stereocenters. The number of benzene rings is 1. The summed E-state index contributed by atoms with van der Waals surface area (Å²) in [4.78, 5) is 0. The van der Waals surface area contributed by atoms with E-state index >= 15 is 0 Å². The van der Waals surface area contributed by atoms with Crippen molar-refractivity contribution in [1.82, 2.24) is 4.31 Å². The average molecular weight is 347 g/mol. The van der Waals surface area contributed by atoms with Crippen LogP contribution in [-0.2, 0) is 16.6 Å². The average Bonchev–Trinajstić information content (AvgIpc) is 2.24. The Kier molecular flexibility index (Phi) is 5.07. The summed E-state index contributed by atoms with van der Waals surface area (Å²) in [7, 11) is -1.78. The minimum Gasteiger partial charge on any atom is -0.211 e. The van der Waals surface area contributed by atoms with Crippen LogP contribution in [0.4, 0.5) is 0 Å². The molecule has 0 aliphatic heterocycles. The van der Waals surface area contributed by atoms with Crippen LogP contribution in [0.1, 0.15) is 5.56 Å². The van der Waals surface area contributed by atoms with Gasteiger partial charge in [-0.15, -0.1) is 0 Å². The first-order valence-electron chi connectivity index (χ1n) is 4.31. The Labute approximate surface area is 114 Å². The largest absolute Gasteiger partial charge is 0.224 e. The molecule has 0 aliphatic rings. The van der Waals surface area contributed by atoms with E-state index in [1.807, 2.05) is 0 Å². The van der Waals surface area contributed by atoms with Crippen LogP contribution in [-0.4, -0.2) is 24.4 Å². The normalized spacial score (nSPS) is 12.1. The molecular weight excluding hydrogens is 337 g/mol. The predicted molar refractivity (Wildman–Crippen MR) is 70.6 cm³/mol. The Morgan fingerprint density at radius 3 is 2.56 bits per heavy atom. The van der Waals surface area contributed by atoms with Gasteiger partial charge in [-0.05, 0) is 11.6 Å². The van der Waals surface area contributed by atoms with Crippen molar-refractivity contribution in [2.75, 3.05) is 11.7 Å². The van der Waals surface area contributed by atoms with E-state index < -0.39 is 10.0 Å². The van der Waals surface area contributed by atoms with Gasteiger partial charge in [0.1, 0.15) is 4.66 Å². The van der Waals surface area contributed by atoms with E-state index in [2.05, 4.69) is 15.9 Å². The third-order valence-corrected chi connectivity index (χ3v) is 5.99. The number of hydrogen-bond acceptors (Lipinski definition) is 2. The van der Waals surface area contributed by atoms with Gasteiger partial charge >= 0.3 is 0 Å². The number of rotatable bonds is 4. The lowest BCUT2D eigenvalue weighted by atomic mass is 10.2. The molecule has 0 bridgehead atoms. The molecule has 1 rings (SSSR count). The van der Waals surface area contributed by atoms with E-state index in [9.17, 15) is 8.42 Å². The molecule has 3 nitrogen and oxygen atoms in total. The van der Waals surface area contributed by atoms with Crippen LogP contribution in [0.2, 0.25) is 10.0 Å². The van der Waals surface area contributed by atoms with Crippen molar-refractivity contribution in [1.29, 1.82) is 0 Å².